The number of aryl methyl sites for hydroxylation is 1. The molecule has 1 aliphatic rings. The molecular weight excluding hydrogens is 417 g/mol. The van der Waals surface area contributed by atoms with Gasteiger partial charge < -0.3 is 10.2 Å². The lowest BCUT2D eigenvalue weighted by atomic mass is 10.0. The number of pyridine rings is 2. The van der Waals surface area contributed by atoms with E-state index in [0.29, 0.717) is 11.4 Å². The van der Waals surface area contributed by atoms with Crippen LogP contribution in [0.1, 0.15) is 27.0 Å². The number of hydrogen-bond donors (Lipinski definition) is 1. The third-order valence-corrected chi connectivity index (χ3v) is 5.62. The Bertz CT molecular complexity index is 907. The summed E-state index contributed by atoms with van der Waals surface area (Å²) in [5.74, 6) is 0.0255. The van der Waals surface area contributed by atoms with Gasteiger partial charge in [0.1, 0.15) is 9.88 Å². The molecule has 9 heteroatoms. The number of amides is 1. The van der Waals surface area contributed by atoms with E-state index in [9.17, 15) is 4.79 Å². The molecule has 6 nitrogen and oxygen atoms in total. The number of halogens is 2. The number of nitrogens with one attached hydrogen (secondary N) is 1. The first kappa shape index (κ1) is 22.2. The van der Waals surface area contributed by atoms with Crippen LogP contribution in [0.25, 0.3) is 10.7 Å². The summed E-state index contributed by atoms with van der Waals surface area (Å²) in [5, 5.41) is 4.15. The number of thiazole rings is 1. The smallest absolute Gasteiger partial charge is 0.266 e. The number of rotatable bonds is 3. The summed E-state index contributed by atoms with van der Waals surface area (Å²) in [4.78, 5) is 29.0. The van der Waals surface area contributed by atoms with Crippen molar-refractivity contribution in [1.29, 1.82) is 0 Å². The molecule has 1 fully saturated rings. The molecular formula is C19H21Cl2N5OS. The van der Waals surface area contributed by atoms with Gasteiger partial charge in [0.2, 0.25) is 0 Å². The molecule has 1 aliphatic heterocycles. The second-order valence-electron chi connectivity index (χ2n) is 6.15. The van der Waals surface area contributed by atoms with Crippen LogP contribution in [0.4, 0.5) is 0 Å². The number of piperazine rings is 1. The molecule has 4 rings (SSSR count). The molecule has 1 saturated heterocycles. The van der Waals surface area contributed by atoms with Gasteiger partial charge in [-0.2, -0.15) is 0 Å². The van der Waals surface area contributed by atoms with E-state index < -0.39 is 0 Å². The maximum absolute atomic E-state index is 13.3. The fourth-order valence-corrected chi connectivity index (χ4v) is 4.14. The molecule has 1 unspecified atom stereocenters. The van der Waals surface area contributed by atoms with E-state index in [0.717, 1.165) is 35.0 Å². The molecule has 3 aromatic rings. The summed E-state index contributed by atoms with van der Waals surface area (Å²) in [6.45, 7) is 4.06. The maximum atomic E-state index is 13.3. The molecule has 0 aliphatic carbocycles. The molecule has 0 saturated carbocycles. The summed E-state index contributed by atoms with van der Waals surface area (Å²) < 4.78 is 0. The van der Waals surface area contributed by atoms with E-state index >= 15 is 0 Å². The average Bonchev–Trinajstić information content (AvgIpc) is 3.10. The molecule has 148 valence electrons. The Labute approximate surface area is 180 Å². The molecule has 1 atom stereocenters. The van der Waals surface area contributed by atoms with Gasteiger partial charge in [0, 0.05) is 38.2 Å². The number of hydrogen-bond acceptors (Lipinski definition) is 6. The summed E-state index contributed by atoms with van der Waals surface area (Å²) in [6, 6.07) is 9.61. The van der Waals surface area contributed by atoms with Crippen molar-refractivity contribution >= 4 is 42.1 Å². The Kier molecular flexibility index (Phi) is 7.88. The highest BCUT2D eigenvalue weighted by Crippen LogP contribution is 2.30. The topological polar surface area (TPSA) is 71.0 Å². The highest BCUT2D eigenvalue weighted by molar-refractivity contribution is 7.17. The third kappa shape index (κ3) is 4.50. The van der Waals surface area contributed by atoms with Crippen molar-refractivity contribution in [2.75, 3.05) is 19.6 Å². The summed E-state index contributed by atoms with van der Waals surface area (Å²) in [6.07, 6.45) is 5.32. The van der Waals surface area contributed by atoms with E-state index in [2.05, 4.69) is 20.3 Å². The summed E-state index contributed by atoms with van der Waals surface area (Å²) in [5.41, 5.74) is 2.59. The predicted octanol–water partition coefficient (Wildman–Crippen LogP) is 3.54. The van der Waals surface area contributed by atoms with Gasteiger partial charge in [-0.05, 0) is 30.7 Å². The Morgan fingerprint density at radius 1 is 1.21 bits per heavy atom. The predicted molar refractivity (Wildman–Crippen MR) is 115 cm³/mol. The number of carbonyl (C=O) groups excluding carboxylic acids is 1. The standard InChI is InChI=1S/C19H19N5OS.2ClH/c1-13-17(26-18(23-13)15-6-2-3-8-22-15)19(25)24-10-9-21-12-16(24)14-5-4-7-20-11-14;;/h2-8,11,16,21H,9-10,12H2,1H3;2*1H. The van der Waals surface area contributed by atoms with Crippen molar-refractivity contribution in [2.45, 2.75) is 13.0 Å². The van der Waals surface area contributed by atoms with E-state index in [1.165, 1.54) is 11.3 Å². The monoisotopic (exact) mass is 437 g/mol. The van der Waals surface area contributed by atoms with Crippen LogP contribution in [-0.4, -0.2) is 45.4 Å². The molecule has 4 heterocycles. The van der Waals surface area contributed by atoms with Crippen molar-refractivity contribution in [3.8, 4) is 10.7 Å². The van der Waals surface area contributed by atoms with Gasteiger partial charge in [-0.1, -0.05) is 12.1 Å². The molecule has 0 aromatic carbocycles. The Balaban J connectivity index is 0.00000140. The highest BCUT2D eigenvalue weighted by atomic mass is 35.5. The first-order valence-corrected chi connectivity index (χ1v) is 9.36. The summed E-state index contributed by atoms with van der Waals surface area (Å²) in [7, 11) is 0. The van der Waals surface area contributed by atoms with Gasteiger partial charge in [0.05, 0.1) is 17.4 Å². The van der Waals surface area contributed by atoms with Gasteiger partial charge in [0.15, 0.2) is 0 Å². The quantitative estimate of drug-likeness (QED) is 0.678. The second kappa shape index (κ2) is 9.93. The largest absolute Gasteiger partial charge is 0.328 e. The minimum atomic E-state index is -0.0234. The molecule has 1 amide bonds. The van der Waals surface area contributed by atoms with Crippen LogP contribution in [0.3, 0.4) is 0 Å². The van der Waals surface area contributed by atoms with Gasteiger partial charge >= 0.3 is 0 Å². The summed E-state index contributed by atoms with van der Waals surface area (Å²) >= 11 is 1.41. The lowest BCUT2D eigenvalue weighted by molar-refractivity contribution is 0.0638. The van der Waals surface area contributed by atoms with Gasteiger partial charge in [-0.3, -0.25) is 14.8 Å². The minimum absolute atomic E-state index is 0. The first-order chi connectivity index (χ1) is 12.7. The first-order valence-electron chi connectivity index (χ1n) is 8.54. The molecule has 28 heavy (non-hydrogen) atoms. The van der Waals surface area contributed by atoms with Crippen molar-refractivity contribution in [3.63, 3.8) is 0 Å². The third-order valence-electron chi connectivity index (χ3n) is 4.45. The maximum Gasteiger partial charge on any atom is 0.266 e. The van der Waals surface area contributed by atoms with Crippen LogP contribution in [-0.2, 0) is 0 Å². The van der Waals surface area contributed by atoms with E-state index in [-0.39, 0.29) is 36.8 Å². The lowest BCUT2D eigenvalue weighted by Crippen LogP contribution is -2.48. The molecule has 1 N–H and O–H groups in total. The van der Waals surface area contributed by atoms with Gasteiger partial charge in [-0.25, -0.2) is 4.98 Å². The second-order valence-corrected chi connectivity index (χ2v) is 7.15. The normalized spacial score (nSPS) is 16.0. The van der Waals surface area contributed by atoms with Crippen LogP contribution in [0.5, 0.6) is 0 Å². The molecule has 3 aromatic heterocycles. The number of aromatic nitrogens is 3. The van der Waals surface area contributed by atoms with Crippen LogP contribution >= 0.6 is 36.2 Å². The van der Waals surface area contributed by atoms with Crippen molar-refractivity contribution in [2.24, 2.45) is 0 Å². The van der Waals surface area contributed by atoms with Crippen LogP contribution in [0, 0.1) is 6.92 Å². The Hall–Kier alpha value is -2.06. The van der Waals surface area contributed by atoms with Gasteiger partial charge in [0.25, 0.3) is 5.91 Å². The van der Waals surface area contributed by atoms with Crippen molar-refractivity contribution < 1.29 is 4.79 Å². The zero-order valence-electron chi connectivity index (χ0n) is 15.2. The van der Waals surface area contributed by atoms with E-state index in [4.69, 9.17) is 0 Å². The number of nitrogens with zero attached hydrogens (tertiary/aromatic N) is 4. The van der Waals surface area contributed by atoms with Crippen LogP contribution in [0.2, 0.25) is 0 Å². The SMILES string of the molecule is Cc1nc(-c2ccccn2)sc1C(=O)N1CCNCC1c1cccnc1.Cl.Cl. The van der Waals surface area contributed by atoms with Gasteiger partial charge in [-0.15, -0.1) is 36.2 Å². The molecule has 0 bridgehead atoms. The van der Waals surface area contributed by atoms with Crippen LogP contribution < -0.4 is 5.32 Å². The highest BCUT2D eigenvalue weighted by Gasteiger charge is 2.31. The Morgan fingerprint density at radius 3 is 2.79 bits per heavy atom. The van der Waals surface area contributed by atoms with E-state index in [1.54, 1.807) is 12.4 Å². The average molecular weight is 438 g/mol. The fraction of sp³-hybridized carbons (Fsp3) is 0.263. The molecule has 0 radical (unpaired) electrons. The van der Waals surface area contributed by atoms with Crippen molar-refractivity contribution in [3.05, 3.63) is 65.1 Å². The zero-order chi connectivity index (χ0) is 17.9. The Morgan fingerprint density at radius 2 is 2.07 bits per heavy atom. The lowest BCUT2D eigenvalue weighted by Gasteiger charge is -2.36. The minimum Gasteiger partial charge on any atom is -0.328 e. The van der Waals surface area contributed by atoms with E-state index in [1.807, 2.05) is 48.4 Å². The van der Waals surface area contributed by atoms with Crippen molar-refractivity contribution in [1.82, 2.24) is 25.2 Å². The fourth-order valence-electron chi connectivity index (χ4n) is 3.14. The molecule has 0 spiro atoms. The zero-order valence-corrected chi connectivity index (χ0v) is 17.7. The van der Waals surface area contributed by atoms with Crippen LogP contribution in [0.15, 0.2) is 48.9 Å². The number of carbonyl (C=O) groups is 1.